The molecule has 1 fully saturated rings. The van der Waals surface area contributed by atoms with Crippen molar-refractivity contribution in [3.8, 4) is 11.5 Å². The van der Waals surface area contributed by atoms with Crippen LogP contribution in [0.4, 0.5) is 0 Å². The first-order chi connectivity index (χ1) is 9.83. The lowest BCUT2D eigenvalue weighted by molar-refractivity contribution is 0.269. The highest BCUT2D eigenvalue weighted by atomic mass is 16.5. The molecule has 3 heteroatoms. The Morgan fingerprint density at radius 2 is 1.85 bits per heavy atom. The van der Waals surface area contributed by atoms with Gasteiger partial charge in [0.25, 0.3) is 0 Å². The number of rotatable bonds is 10. The molecule has 1 aromatic carbocycles. The monoisotopic (exact) mass is 277 g/mol. The van der Waals surface area contributed by atoms with Crippen LogP contribution in [0.3, 0.4) is 0 Å². The molecule has 20 heavy (non-hydrogen) atoms. The second kappa shape index (κ2) is 8.15. The lowest BCUT2D eigenvalue weighted by atomic mass is 10.1. The number of para-hydroxylation sites is 2. The van der Waals surface area contributed by atoms with E-state index in [9.17, 15) is 0 Å². The second-order valence-electron chi connectivity index (χ2n) is 5.47. The van der Waals surface area contributed by atoms with Crippen LogP contribution in [0.2, 0.25) is 0 Å². The molecule has 0 spiro atoms. The standard InChI is InChI=1S/C17H27NO2/c1-3-15(13-14-9-10-14)18-11-12-20-17-8-6-5-7-16(17)19-4-2/h5-8,14-15,18H,3-4,9-13H2,1-2H3. The second-order valence-corrected chi connectivity index (χ2v) is 5.47. The maximum absolute atomic E-state index is 5.82. The third kappa shape index (κ3) is 5.04. The van der Waals surface area contributed by atoms with Crippen molar-refractivity contribution >= 4 is 0 Å². The van der Waals surface area contributed by atoms with Gasteiger partial charge in [-0.2, -0.15) is 0 Å². The van der Waals surface area contributed by atoms with Crippen molar-refractivity contribution in [1.82, 2.24) is 5.32 Å². The van der Waals surface area contributed by atoms with Crippen molar-refractivity contribution in [1.29, 1.82) is 0 Å². The minimum Gasteiger partial charge on any atom is -0.490 e. The Hall–Kier alpha value is -1.22. The van der Waals surface area contributed by atoms with Gasteiger partial charge in [0.05, 0.1) is 6.61 Å². The lowest BCUT2D eigenvalue weighted by Gasteiger charge is -2.17. The molecule has 1 N–H and O–H groups in total. The quantitative estimate of drug-likeness (QED) is 0.662. The fourth-order valence-electron chi connectivity index (χ4n) is 2.42. The van der Waals surface area contributed by atoms with Gasteiger partial charge in [0.15, 0.2) is 11.5 Å². The third-order valence-corrected chi connectivity index (χ3v) is 3.75. The molecule has 0 saturated heterocycles. The Labute approximate surface area is 122 Å². The SMILES string of the molecule is CCOc1ccccc1OCCNC(CC)CC1CC1. The zero-order valence-corrected chi connectivity index (χ0v) is 12.7. The Balaban J connectivity index is 1.69. The molecule has 0 bridgehead atoms. The van der Waals surface area contributed by atoms with Crippen molar-refractivity contribution in [3.63, 3.8) is 0 Å². The van der Waals surface area contributed by atoms with E-state index in [0.29, 0.717) is 19.3 Å². The molecule has 1 aliphatic carbocycles. The first-order valence-electron chi connectivity index (χ1n) is 7.91. The summed E-state index contributed by atoms with van der Waals surface area (Å²) in [5, 5.41) is 3.60. The molecule has 1 unspecified atom stereocenters. The molecule has 1 aromatic rings. The summed E-state index contributed by atoms with van der Waals surface area (Å²) in [6.45, 7) is 6.49. The highest BCUT2D eigenvalue weighted by Gasteiger charge is 2.24. The van der Waals surface area contributed by atoms with Gasteiger partial charge in [-0.3, -0.25) is 0 Å². The Morgan fingerprint density at radius 3 is 2.45 bits per heavy atom. The predicted octanol–water partition coefficient (Wildman–Crippen LogP) is 3.63. The van der Waals surface area contributed by atoms with Crippen LogP contribution in [0.1, 0.15) is 39.5 Å². The molecule has 0 heterocycles. The Bertz CT molecular complexity index is 390. The van der Waals surface area contributed by atoms with Gasteiger partial charge in [0.2, 0.25) is 0 Å². The van der Waals surface area contributed by atoms with Gasteiger partial charge >= 0.3 is 0 Å². The van der Waals surface area contributed by atoms with E-state index in [-0.39, 0.29) is 0 Å². The predicted molar refractivity (Wildman–Crippen MR) is 82.5 cm³/mol. The summed E-state index contributed by atoms with van der Waals surface area (Å²) in [7, 11) is 0. The van der Waals surface area contributed by atoms with Crippen LogP contribution in [-0.4, -0.2) is 25.8 Å². The molecule has 112 valence electrons. The molecule has 0 radical (unpaired) electrons. The van der Waals surface area contributed by atoms with Crippen LogP contribution < -0.4 is 14.8 Å². The van der Waals surface area contributed by atoms with Gasteiger partial charge in [0, 0.05) is 12.6 Å². The van der Waals surface area contributed by atoms with E-state index in [1.54, 1.807) is 0 Å². The van der Waals surface area contributed by atoms with Gasteiger partial charge in [0.1, 0.15) is 6.61 Å². The van der Waals surface area contributed by atoms with E-state index in [1.165, 1.54) is 25.7 Å². The number of nitrogens with one attached hydrogen (secondary N) is 1. The van der Waals surface area contributed by atoms with E-state index < -0.39 is 0 Å². The fraction of sp³-hybridized carbons (Fsp3) is 0.647. The summed E-state index contributed by atoms with van der Waals surface area (Å²) >= 11 is 0. The van der Waals surface area contributed by atoms with Crippen LogP contribution in [0.25, 0.3) is 0 Å². The van der Waals surface area contributed by atoms with Crippen molar-refractivity contribution in [2.45, 2.75) is 45.6 Å². The van der Waals surface area contributed by atoms with Crippen LogP contribution in [0.5, 0.6) is 11.5 Å². The smallest absolute Gasteiger partial charge is 0.161 e. The molecular formula is C17H27NO2. The number of hydrogen-bond donors (Lipinski definition) is 1. The molecular weight excluding hydrogens is 250 g/mol. The molecule has 1 atom stereocenters. The summed E-state index contributed by atoms with van der Waals surface area (Å²) in [6, 6.07) is 8.51. The van der Waals surface area contributed by atoms with Crippen LogP contribution in [0, 0.1) is 5.92 Å². The highest BCUT2D eigenvalue weighted by molar-refractivity contribution is 5.39. The molecule has 0 amide bonds. The number of benzene rings is 1. The van der Waals surface area contributed by atoms with Gasteiger partial charge in [-0.05, 0) is 37.8 Å². The maximum Gasteiger partial charge on any atom is 0.161 e. The third-order valence-electron chi connectivity index (χ3n) is 3.75. The summed E-state index contributed by atoms with van der Waals surface area (Å²) in [5.74, 6) is 2.65. The number of hydrogen-bond acceptors (Lipinski definition) is 3. The van der Waals surface area contributed by atoms with Crippen LogP contribution >= 0.6 is 0 Å². The fourth-order valence-corrected chi connectivity index (χ4v) is 2.42. The van der Waals surface area contributed by atoms with Gasteiger partial charge in [-0.15, -0.1) is 0 Å². The molecule has 1 saturated carbocycles. The summed E-state index contributed by atoms with van der Waals surface area (Å²) in [6.07, 6.45) is 5.38. The molecule has 0 aliphatic heterocycles. The van der Waals surface area contributed by atoms with Crippen molar-refractivity contribution in [3.05, 3.63) is 24.3 Å². The van der Waals surface area contributed by atoms with Crippen molar-refractivity contribution < 1.29 is 9.47 Å². The normalized spacial score (nSPS) is 15.9. The Morgan fingerprint density at radius 1 is 1.15 bits per heavy atom. The van der Waals surface area contributed by atoms with Gasteiger partial charge in [-0.1, -0.05) is 31.9 Å². The summed E-state index contributed by atoms with van der Waals surface area (Å²) in [4.78, 5) is 0. The van der Waals surface area contributed by atoms with E-state index in [1.807, 2.05) is 31.2 Å². The topological polar surface area (TPSA) is 30.5 Å². The minimum absolute atomic E-state index is 0.647. The van der Waals surface area contributed by atoms with E-state index in [2.05, 4.69) is 12.2 Å². The first-order valence-corrected chi connectivity index (χ1v) is 7.91. The molecule has 1 aliphatic rings. The average molecular weight is 277 g/mol. The first kappa shape index (κ1) is 15.2. The van der Waals surface area contributed by atoms with E-state index in [4.69, 9.17) is 9.47 Å². The minimum atomic E-state index is 0.647. The molecule has 0 aromatic heterocycles. The zero-order chi connectivity index (χ0) is 14.2. The summed E-state index contributed by atoms with van der Waals surface area (Å²) < 4.78 is 11.4. The summed E-state index contributed by atoms with van der Waals surface area (Å²) in [5.41, 5.74) is 0. The van der Waals surface area contributed by atoms with Crippen molar-refractivity contribution in [2.75, 3.05) is 19.8 Å². The highest BCUT2D eigenvalue weighted by Crippen LogP contribution is 2.34. The van der Waals surface area contributed by atoms with Gasteiger partial charge in [-0.25, -0.2) is 0 Å². The Kier molecular flexibility index (Phi) is 6.19. The maximum atomic E-state index is 5.82. The number of ether oxygens (including phenoxy) is 2. The lowest BCUT2D eigenvalue weighted by Crippen LogP contribution is -2.32. The van der Waals surface area contributed by atoms with E-state index in [0.717, 1.165) is 24.0 Å². The van der Waals surface area contributed by atoms with Crippen molar-refractivity contribution in [2.24, 2.45) is 5.92 Å². The van der Waals surface area contributed by atoms with Gasteiger partial charge < -0.3 is 14.8 Å². The zero-order valence-electron chi connectivity index (χ0n) is 12.7. The van der Waals surface area contributed by atoms with E-state index >= 15 is 0 Å². The average Bonchev–Trinajstić information content (AvgIpc) is 3.28. The molecule has 3 nitrogen and oxygen atoms in total. The van der Waals surface area contributed by atoms with Crippen LogP contribution in [-0.2, 0) is 0 Å². The largest absolute Gasteiger partial charge is 0.490 e. The van der Waals surface area contributed by atoms with Crippen LogP contribution in [0.15, 0.2) is 24.3 Å². The molecule has 2 rings (SSSR count).